The van der Waals surface area contributed by atoms with Crippen LogP contribution in [0.15, 0.2) is 24.3 Å². The molecule has 1 saturated heterocycles. The van der Waals surface area contributed by atoms with Crippen molar-refractivity contribution in [2.75, 3.05) is 6.61 Å². The summed E-state index contributed by atoms with van der Waals surface area (Å²) in [4.78, 5) is 34.7. The van der Waals surface area contributed by atoms with Gasteiger partial charge in [0.2, 0.25) is 6.10 Å². The number of para-hydroxylation sites is 1. The molecular formula is C13H12O8. The summed E-state index contributed by atoms with van der Waals surface area (Å²) < 4.78 is 9.40. The van der Waals surface area contributed by atoms with Crippen molar-refractivity contribution in [1.29, 1.82) is 0 Å². The highest BCUT2D eigenvalue weighted by molar-refractivity contribution is 6.37. The summed E-state index contributed by atoms with van der Waals surface area (Å²) in [6.07, 6.45) is -4.72. The van der Waals surface area contributed by atoms with Crippen molar-refractivity contribution in [2.45, 2.75) is 18.3 Å². The Bertz CT molecular complexity index is 581. The number of ether oxygens (including phenoxy) is 2. The van der Waals surface area contributed by atoms with Crippen LogP contribution in [0.5, 0.6) is 5.75 Å². The van der Waals surface area contributed by atoms with Crippen molar-refractivity contribution < 1.29 is 39.2 Å². The van der Waals surface area contributed by atoms with Crippen molar-refractivity contribution in [1.82, 2.24) is 0 Å². The molecule has 112 valence electrons. The Balaban J connectivity index is 2.20. The molecule has 3 atom stereocenters. The number of carbonyl (C=O) groups is 3. The number of aromatic hydroxyl groups is 1. The molecule has 1 heterocycles. The van der Waals surface area contributed by atoms with E-state index in [1.165, 1.54) is 24.3 Å². The average molecular weight is 296 g/mol. The van der Waals surface area contributed by atoms with Crippen molar-refractivity contribution >= 4 is 17.7 Å². The molecule has 1 aromatic rings. The van der Waals surface area contributed by atoms with Crippen LogP contribution in [0.1, 0.15) is 10.4 Å². The van der Waals surface area contributed by atoms with Gasteiger partial charge in [0.15, 0.2) is 6.10 Å². The highest BCUT2D eigenvalue weighted by Crippen LogP contribution is 2.23. The minimum Gasteiger partial charge on any atom is -0.507 e. The minimum absolute atomic E-state index is 0.207. The van der Waals surface area contributed by atoms with Crippen LogP contribution in [0.3, 0.4) is 0 Å². The van der Waals surface area contributed by atoms with Crippen LogP contribution in [-0.4, -0.2) is 58.0 Å². The number of benzene rings is 1. The summed E-state index contributed by atoms with van der Waals surface area (Å²) >= 11 is 0. The van der Waals surface area contributed by atoms with Crippen LogP contribution in [0, 0.1) is 0 Å². The number of hydrogen-bond acceptors (Lipinski definition) is 8. The number of hydrogen-bond donors (Lipinski definition) is 3. The molecule has 8 nitrogen and oxygen atoms in total. The van der Waals surface area contributed by atoms with Crippen molar-refractivity contribution in [3.8, 4) is 5.75 Å². The fourth-order valence-corrected chi connectivity index (χ4v) is 1.84. The second-order valence-corrected chi connectivity index (χ2v) is 4.33. The van der Waals surface area contributed by atoms with E-state index in [9.17, 15) is 24.6 Å². The molecule has 0 radical (unpaired) electrons. The van der Waals surface area contributed by atoms with Gasteiger partial charge in [-0.05, 0) is 12.1 Å². The molecule has 1 aromatic carbocycles. The zero-order valence-corrected chi connectivity index (χ0v) is 10.6. The number of aliphatic hydroxyl groups excluding tert-OH is 2. The molecule has 2 rings (SSSR count). The fraction of sp³-hybridized carbons (Fsp3) is 0.308. The summed E-state index contributed by atoms with van der Waals surface area (Å²) in [5.41, 5.74) is -0.207. The molecule has 1 fully saturated rings. The van der Waals surface area contributed by atoms with Gasteiger partial charge < -0.3 is 24.8 Å². The van der Waals surface area contributed by atoms with E-state index in [0.29, 0.717) is 0 Å². The van der Waals surface area contributed by atoms with Crippen LogP contribution >= 0.6 is 0 Å². The maximum atomic E-state index is 11.9. The molecule has 1 aliphatic rings. The Hall–Kier alpha value is -2.45. The first kappa shape index (κ1) is 14.9. The molecule has 0 spiro atoms. The second-order valence-electron chi connectivity index (χ2n) is 4.33. The number of ketones is 1. The van der Waals surface area contributed by atoms with Gasteiger partial charge in [-0.2, -0.15) is 0 Å². The predicted octanol–water partition coefficient (Wildman–Crippen LogP) is -1.23. The molecule has 8 heteroatoms. The van der Waals surface area contributed by atoms with Gasteiger partial charge in [-0.15, -0.1) is 0 Å². The zero-order chi connectivity index (χ0) is 15.6. The van der Waals surface area contributed by atoms with Crippen LogP contribution in [-0.2, 0) is 19.1 Å². The van der Waals surface area contributed by atoms with Crippen LogP contribution < -0.4 is 0 Å². The van der Waals surface area contributed by atoms with Crippen molar-refractivity contribution in [3.05, 3.63) is 29.8 Å². The Morgan fingerprint density at radius 3 is 2.62 bits per heavy atom. The van der Waals surface area contributed by atoms with E-state index in [4.69, 9.17) is 9.84 Å². The van der Waals surface area contributed by atoms with Crippen molar-refractivity contribution in [3.63, 3.8) is 0 Å². The van der Waals surface area contributed by atoms with E-state index in [1.54, 1.807) is 0 Å². The Morgan fingerprint density at radius 2 is 2.00 bits per heavy atom. The lowest BCUT2D eigenvalue weighted by atomic mass is 10.1. The normalized spacial score (nSPS) is 22.8. The van der Waals surface area contributed by atoms with Gasteiger partial charge in [0.1, 0.15) is 17.4 Å². The first-order chi connectivity index (χ1) is 9.95. The highest BCUT2D eigenvalue weighted by atomic mass is 16.6. The van der Waals surface area contributed by atoms with Gasteiger partial charge in [-0.3, -0.25) is 4.79 Å². The summed E-state index contributed by atoms with van der Waals surface area (Å²) in [7, 11) is 0. The summed E-state index contributed by atoms with van der Waals surface area (Å²) in [5.74, 6) is -3.82. The maximum absolute atomic E-state index is 11.9. The maximum Gasteiger partial charge on any atom is 0.379 e. The molecular weight excluding hydrogens is 284 g/mol. The molecule has 1 aliphatic heterocycles. The van der Waals surface area contributed by atoms with Crippen LogP contribution in [0.2, 0.25) is 0 Å². The summed E-state index contributed by atoms with van der Waals surface area (Å²) in [6.45, 7) is -0.782. The third-order valence-corrected chi connectivity index (χ3v) is 2.93. The lowest BCUT2D eigenvalue weighted by Gasteiger charge is -2.20. The third-order valence-electron chi connectivity index (χ3n) is 2.93. The molecule has 3 N–H and O–H groups in total. The third kappa shape index (κ3) is 2.86. The molecule has 0 amide bonds. The van der Waals surface area contributed by atoms with E-state index in [1.807, 2.05) is 0 Å². The molecule has 0 aromatic heterocycles. The zero-order valence-electron chi connectivity index (χ0n) is 10.6. The van der Waals surface area contributed by atoms with E-state index >= 15 is 0 Å². The standard InChI is InChI=1S/C13H12O8/c14-5-8(16)10-11(9(17)13(19)20-10)21-12(18)6-3-1-2-4-7(6)15/h1-4,8,10-11,14-16H,5H2/t8-,10+,11?/m0/s1. The Kier molecular flexibility index (Phi) is 4.20. The molecule has 21 heavy (non-hydrogen) atoms. The monoisotopic (exact) mass is 296 g/mol. The Labute approximate surface area is 118 Å². The van der Waals surface area contributed by atoms with Gasteiger partial charge in [0.25, 0.3) is 5.78 Å². The van der Waals surface area contributed by atoms with Gasteiger partial charge in [0.05, 0.1) is 6.61 Å². The van der Waals surface area contributed by atoms with Crippen molar-refractivity contribution in [2.24, 2.45) is 0 Å². The first-order valence-electron chi connectivity index (χ1n) is 5.98. The number of phenols is 1. The van der Waals surface area contributed by atoms with Gasteiger partial charge in [0, 0.05) is 0 Å². The SMILES string of the molecule is O=C1O[C@H]([C@@H](O)CO)C(OC(=O)c2ccccc2O)C1=O. The predicted molar refractivity (Wildman–Crippen MR) is 65.3 cm³/mol. The average Bonchev–Trinajstić information content (AvgIpc) is 2.75. The quantitative estimate of drug-likeness (QED) is 0.465. The van der Waals surface area contributed by atoms with E-state index in [2.05, 4.69) is 4.74 Å². The largest absolute Gasteiger partial charge is 0.507 e. The molecule has 1 unspecified atom stereocenters. The fourth-order valence-electron chi connectivity index (χ4n) is 1.84. The first-order valence-corrected chi connectivity index (χ1v) is 5.98. The lowest BCUT2D eigenvalue weighted by molar-refractivity contribution is -0.152. The minimum atomic E-state index is -1.67. The number of aliphatic hydroxyl groups is 2. The number of esters is 2. The summed E-state index contributed by atoms with van der Waals surface area (Å²) in [6, 6.07) is 5.46. The molecule has 0 bridgehead atoms. The van der Waals surface area contributed by atoms with E-state index in [0.717, 1.165) is 0 Å². The summed E-state index contributed by atoms with van der Waals surface area (Å²) in [5, 5.41) is 27.8. The number of phenolic OH excluding ortho intramolecular Hbond substituents is 1. The smallest absolute Gasteiger partial charge is 0.379 e. The molecule has 0 aliphatic carbocycles. The number of cyclic esters (lactones) is 1. The van der Waals surface area contributed by atoms with Gasteiger partial charge in [-0.25, -0.2) is 9.59 Å². The van der Waals surface area contributed by atoms with Gasteiger partial charge >= 0.3 is 11.9 Å². The molecule has 0 saturated carbocycles. The Morgan fingerprint density at radius 1 is 1.33 bits per heavy atom. The number of rotatable bonds is 4. The number of carbonyl (C=O) groups excluding carboxylic acids is 3. The topological polar surface area (TPSA) is 130 Å². The number of Topliss-reactive ketones (excluding diaryl/α,β-unsaturated/α-hetero) is 1. The van der Waals surface area contributed by atoms with E-state index in [-0.39, 0.29) is 11.3 Å². The van der Waals surface area contributed by atoms with E-state index < -0.39 is 42.6 Å². The second kappa shape index (κ2) is 5.90. The lowest BCUT2D eigenvalue weighted by Crippen LogP contribution is -2.41. The highest BCUT2D eigenvalue weighted by Gasteiger charge is 2.49. The van der Waals surface area contributed by atoms with Crippen LogP contribution in [0.4, 0.5) is 0 Å². The van der Waals surface area contributed by atoms with Crippen LogP contribution in [0.25, 0.3) is 0 Å². The van der Waals surface area contributed by atoms with Gasteiger partial charge in [-0.1, -0.05) is 12.1 Å².